The van der Waals surface area contributed by atoms with E-state index in [4.69, 9.17) is 10.5 Å². The van der Waals surface area contributed by atoms with E-state index in [1.54, 1.807) is 7.11 Å². The SMILES string of the molecule is COC1CCCN(C(=O)c2cccc(CCN)c2)C1. The van der Waals surface area contributed by atoms with Crippen LogP contribution >= 0.6 is 0 Å². The monoisotopic (exact) mass is 262 g/mol. The Labute approximate surface area is 114 Å². The third-order valence-corrected chi connectivity index (χ3v) is 3.61. The molecule has 1 aliphatic heterocycles. The van der Waals surface area contributed by atoms with Crippen LogP contribution in [0.4, 0.5) is 0 Å². The normalized spacial score (nSPS) is 19.5. The summed E-state index contributed by atoms with van der Waals surface area (Å²) >= 11 is 0. The average Bonchev–Trinajstić information content (AvgIpc) is 2.47. The number of amides is 1. The maximum absolute atomic E-state index is 12.5. The Bertz CT molecular complexity index is 434. The predicted octanol–water partition coefficient (Wildman–Crippen LogP) is 1.44. The summed E-state index contributed by atoms with van der Waals surface area (Å²) < 4.78 is 5.36. The van der Waals surface area contributed by atoms with Crippen LogP contribution < -0.4 is 5.73 Å². The van der Waals surface area contributed by atoms with Gasteiger partial charge in [0.2, 0.25) is 0 Å². The van der Waals surface area contributed by atoms with Crippen molar-refractivity contribution in [2.24, 2.45) is 5.73 Å². The van der Waals surface area contributed by atoms with Crippen molar-refractivity contribution in [1.29, 1.82) is 0 Å². The zero-order valence-electron chi connectivity index (χ0n) is 11.5. The van der Waals surface area contributed by atoms with Gasteiger partial charge in [-0.1, -0.05) is 12.1 Å². The summed E-state index contributed by atoms with van der Waals surface area (Å²) in [4.78, 5) is 14.3. The zero-order valence-corrected chi connectivity index (χ0v) is 11.5. The van der Waals surface area contributed by atoms with Crippen LogP contribution in [0, 0.1) is 0 Å². The second kappa shape index (κ2) is 6.68. The highest BCUT2D eigenvalue weighted by Gasteiger charge is 2.24. The van der Waals surface area contributed by atoms with Gasteiger partial charge in [0, 0.05) is 25.8 Å². The van der Waals surface area contributed by atoms with E-state index in [0.29, 0.717) is 13.1 Å². The Kier molecular flexibility index (Phi) is 4.93. The Morgan fingerprint density at radius 3 is 3.11 bits per heavy atom. The molecule has 104 valence electrons. The largest absolute Gasteiger partial charge is 0.380 e. The van der Waals surface area contributed by atoms with Gasteiger partial charge in [-0.3, -0.25) is 4.79 Å². The van der Waals surface area contributed by atoms with E-state index in [1.807, 2.05) is 29.2 Å². The van der Waals surface area contributed by atoms with Crippen LogP contribution in [-0.2, 0) is 11.2 Å². The van der Waals surface area contributed by atoms with E-state index in [0.717, 1.165) is 36.9 Å². The van der Waals surface area contributed by atoms with E-state index >= 15 is 0 Å². The number of rotatable bonds is 4. The molecule has 0 radical (unpaired) electrons. The number of carbonyl (C=O) groups is 1. The maximum atomic E-state index is 12.5. The first-order valence-corrected chi connectivity index (χ1v) is 6.85. The van der Waals surface area contributed by atoms with Crippen LogP contribution in [0.15, 0.2) is 24.3 Å². The van der Waals surface area contributed by atoms with Crippen molar-refractivity contribution in [3.05, 3.63) is 35.4 Å². The van der Waals surface area contributed by atoms with Crippen LogP contribution in [0.5, 0.6) is 0 Å². The lowest BCUT2D eigenvalue weighted by Crippen LogP contribution is -2.42. The number of nitrogens with two attached hydrogens (primary N) is 1. The van der Waals surface area contributed by atoms with Crippen LogP contribution in [0.25, 0.3) is 0 Å². The molecular formula is C15H22N2O2. The van der Waals surface area contributed by atoms with Crippen molar-refractivity contribution >= 4 is 5.91 Å². The summed E-state index contributed by atoms with van der Waals surface area (Å²) in [7, 11) is 1.71. The van der Waals surface area contributed by atoms with Gasteiger partial charge in [0.25, 0.3) is 5.91 Å². The molecule has 0 aliphatic carbocycles. The van der Waals surface area contributed by atoms with Crippen molar-refractivity contribution in [1.82, 2.24) is 4.90 Å². The molecule has 1 aliphatic rings. The fraction of sp³-hybridized carbons (Fsp3) is 0.533. The summed E-state index contributed by atoms with van der Waals surface area (Å²) in [5, 5.41) is 0. The minimum atomic E-state index is 0.0978. The van der Waals surface area contributed by atoms with Gasteiger partial charge in [-0.2, -0.15) is 0 Å². The molecule has 0 aromatic heterocycles. The molecule has 4 nitrogen and oxygen atoms in total. The molecule has 0 bridgehead atoms. The lowest BCUT2D eigenvalue weighted by Gasteiger charge is -2.32. The smallest absolute Gasteiger partial charge is 0.253 e. The minimum absolute atomic E-state index is 0.0978. The fourth-order valence-electron chi connectivity index (χ4n) is 2.52. The maximum Gasteiger partial charge on any atom is 0.253 e. The second-order valence-corrected chi connectivity index (χ2v) is 4.99. The Morgan fingerprint density at radius 1 is 1.53 bits per heavy atom. The van der Waals surface area contributed by atoms with E-state index < -0.39 is 0 Å². The number of ether oxygens (including phenoxy) is 1. The molecule has 4 heteroatoms. The van der Waals surface area contributed by atoms with Gasteiger partial charge in [-0.15, -0.1) is 0 Å². The Morgan fingerprint density at radius 2 is 2.37 bits per heavy atom. The molecule has 1 aromatic carbocycles. The summed E-state index contributed by atoms with van der Waals surface area (Å²) in [6, 6.07) is 7.76. The van der Waals surface area contributed by atoms with Crippen molar-refractivity contribution < 1.29 is 9.53 Å². The Balaban J connectivity index is 2.08. The van der Waals surface area contributed by atoms with Crippen LogP contribution in [0.3, 0.4) is 0 Å². The molecule has 0 spiro atoms. The highest BCUT2D eigenvalue weighted by atomic mass is 16.5. The standard InChI is InChI=1S/C15H22N2O2/c1-19-14-6-3-9-17(11-14)15(18)13-5-2-4-12(10-13)7-8-16/h2,4-5,10,14H,3,6-9,11,16H2,1H3. The molecular weight excluding hydrogens is 240 g/mol. The summed E-state index contributed by atoms with van der Waals surface area (Å²) in [6.45, 7) is 2.11. The van der Waals surface area contributed by atoms with Gasteiger partial charge < -0.3 is 15.4 Å². The van der Waals surface area contributed by atoms with Gasteiger partial charge in [0.15, 0.2) is 0 Å². The predicted molar refractivity (Wildman–Crippen MR) is 75.1 cm³/mol. The van der Waals surface area contributed by atoms with Gasteiger partial charge in [0.1, 0.15) is 0 Å². The molecule has 1 unspecified atom stereocenters. The molecule has 1 saturated heterocycles. The molecule has 1 amide bonds. The molecule has 2 rings (SSSR count). The number of methoxy groups -OCH3 is 1. The van der Waals surface area contributed by atoms with Crippen molar-refractivity contribution in [2.75, 3.05) is 26.7 Å². The van der Waals surface area contributed by atoms with E-state index in [9.17, 15) is 4.79 Å². The van der Waals surface area contributed by atoms with Crippen molar-refractivity contribution in [3.8, 4) is 0 Å². The van der Waals surface area contributed by atoms with E-state index in [1.165, 1.54) is 0 Å². The topological polar surface area (TPSA) is 55.6 Å². The summed E-state index contributed by atoms with van der Waals surface area (Å²) in [5.41, 5.74) is 7.43. The molecule has 1 aromatic rings. The van der Waals surface area contributed by atoms with Gasteiger partial charge >= 0.3 is 0 Å². The van der Waals surface area contributed by atoms with Crippen LogP contribution in [-0.4, -0.2) is 43.7 Å². The number of hydrogen-bond donors (Lipinski definition) is 1. The highest BCUT2D eigenvalue weighted by Crippen LogP contribution is 2.16. The summed E-state index contributed by atoms with van der Waals surface area (Å²) in [5.74, 6) is 0.0978. The fourth-order valence-corrected chi connectivity index (χ4v) is 2.52. The molecule has 1 atom stereocenters. The molecule has 1 fully saturated rings. The van der Waals surface area contributed by atoms with E-state index in [-0.39, 0.29) is 12.0 Å². The number of piperidine rings is 1. The number of hydrogen-bond acceptors (Lipinski definition) is 3. The highest BCUT2D eigenvalue weighted by molar-refractivity contribution is 5.94. The quantitative estimate of drug-likeness (QED) is 0.893. The molecule has 2 N–H and O–H groups in total. The molecule has 19 heavy (non-hydrogen) atoms. The first-order chi connectivity index (χ1) is 9.24. The van der Waals surface area contributed by atoms with Gasteiger partial charge in [-0.05, 0) is 43.5 Å². The second-order valence-electron chi connectivity index (χ2n) is 4.99. The first-order valence-electron chi connectivity index (χ1n) is 6.85. The number of benzene rings is 1. The lowest BCUT2D eigenvalue weighted by molar-refractivity contribution is 0.0269. The third-order valence-electron chi connectivity index (χ3n) is 3.61. The van der Waals surface area contributed by atoms with Crippen molar-refractivity contribution in [2.45, 2.75) is 25.4 Å². The number of likely N-dealkylation sites (tertiary alicyclic amines) is 1. The molecule has 0 saturated carbocycles. The average molecular weight is 262 g/mol. The molecule has 1 heterocycles. The zero-order chi connectivity index (χ0) is 13.7. The van der Waals surface area contributed by atoms with E-state index in [2.05, 4.69) is 0 Å². The summed E-state index contributed by atoms with van der Waals surface area (Å²) in [6.07, 6.45) is 3.02. The minimum Gasteiger partial charge on any atom is -0.380 e. The third kappa shape index (κ3) is 3.55. The van der Waals surface area contributed by atoms with Crippen molar-refractivity contribution in [3.63, 3.8) is 0 Å². The van der Waals surface area contributed by atoms with Crippen LogP contribution in [0.2, 0.25) is 0 Å². The Hall–Kier alpha value is -1.39. The van der Waals surface area contributed by atoms with Crippen LogP contribution in [0.1, 0.15) is 28.8 Å². The lowest BCUT2D eigenvalue weighted by atomic mass is 10.0. The first kappa shape index (κ1) is 14.0. The van der Waals surface area contributed by atoms with Gasteiger partial charge in [-0.25, -0.2) is 0 Å². The number of nitrogens with zero attached hydrogens (tertiary/aromatic N) is 1. The van der Waals surface area contributed by atoms with Gasteiger partial charge in [0.05, 0.1) is 6.10 Å². The number of carbonyl (C=O) groups excluding carboxylic acids is 1.